The number of carbonyl (C=O) groups excluding carboxylic acids is 2. The van der Waals surface area contributed by atoms with Gasteiger partial charge in [0.1, 0.15) is 0 Å². The van der Waals surface area contributed by atoms with E-state index in [2.05, 4.69) is 10.1 Å². The van der Waals surface area contributed by atoms with Crippen LogP contribution in [0.3, 0.4) is 0 Å². The molecule has 0 bridgehead atoms. The zero-order valence-corrected chi connectivity index (χ0v) is 8.95. The van der Waals surface area contributed by atoms with E-state index in [0.29, 0.717) is 6.54 Å². The van der Waals surface area contributed by atoms with Gasteiger partial charge in [0.05, 0.1) is 32.7 Å². The molecule has 0 saturated carbocycles. The van der Waals surface area contributed by atoms with Gasteiger partial charge in [-0.1, -0.05) is 0 Å². The Kier molecular flexibility index (Phi) is 6.93. The van der Waals surface area contributed by atoms with Gasteiger partial charge in [0.2, 0.25) is 5.91 Å². The maximum atomic E-state index is 11.2. The Morgan fingerprint density at radius 2 is 2.13 bits per heavy atom. The van der Waals surface area contributed by atoms with Gasteiger partial charge in [-0.2, -0.15) is 5.26 Å². The molecule has 0 spiro atoms. The van der Waals surface area contributed by atoms with Crippen LogP contribution in [0.15, 0.2) is 0 Å². The fraction of sp³-hybridized carbons (Fsp3) is 0.667. The number of likely N-dealkylation sites (N-methyl/N-ethyl adjacent to an activating group) is 1. The molecule has 1 N–H and O–H groups in total. The Balaban J connectivity index is 3.67. The van der Waals surface area contributed by atoms with Gasteiger partial charge in [0, 0.05) is 6.54 Å². The molecule has 0 aliphatic heterocycles. The van der Waals surface area contributed by atoms with E-state index in [-0.39, 0.29) is 31.4 Å². The van der Waals surface area contributed by atoms with Crippen molar-refractivity contribution in [3.63, 3.8) is 0 Å². The highest BCUT2D eigenvalue weighted by Crippen LogP contribution is 1.84. The number of nitrogens with one attached hydrogen (secondary N) is 1. The van der Waals surface area contributed by atoms with E-state index in [1.165, 1.54) is 12.0 Å². The predicted molar refractivity (Wildman–Crippen MR) is 52.8 cm³/mol. The molecule has 0 heterocycles. The van der Waals surface area contributed by atoms with E-state index in [4.69, 9.17) is 5.26 Å². The van der Waals surface area contributed by atoms with Gasteiger partial charge in [-0.15, -0.1) is 0 Å². The lowest BCUT2D eigenvalue weighted by Crippen LogP contribution is -2.38. The number of nitriles is 1. The Morgan fingerprint density at radius 3 is 2.67 bits per heavy atom. The van der Waals surface area contributed by atoms with Crippen LogP contribution in [0.5, 0.6) is 0 Å². The third kappa shape index (κ3) is 7.46. The number of hydrogen-bond acceptors (Lipinski definition) is 5. The second-order valence-electron chi connectivity index (χ2n) is 3.01. The minimum Gasteiger partial charge on any atom is -0.468 e. The molecule has 6 nitrogen and oxygen atoms in total. The van der Waals surface area contributed by atoms with Crippen LogP contribution >= 0.6 is 0 Å². The average molecular weight is 213 g/mol. The molecule has 0 aromatic heterocycles. The summed E-state index contributed by atoms with van der Waals surface area (Å²) in [6, 6.07) is 1.92. The molecule has 6 heteroatoms. The van der Waals surface area contributed by atoms with Gasteiger partial charge < -0.3 is 10.1 Å². The van der Waals surface area contributed by atoms with E-state index in [1.54, 1.807) is 7.05 Å². The molecule has 0 aliphatic carbocycles. The first-order valence-corrected chi connectivity index (χ1v) is 4.49. The van der Waals surface area contributed by atoms with Gasteiger partial charge >= 0.3 is 5.97 Å². The minimum atomic E-state index is -0.387. The highest BCUT2D eigenvalue weighted by Gasteiger charge is 2.09. The number of hydrogen-bond donors (Lipinski definition) is 1. The van der Waals surface area contributed by atoms with Crippen LogP contribution in [0.25, 0.3) is 0 Å². The fourth-order valence-electron chi connectivity index (χ4n) is 0.900. The van der Waals surface area contributed by atoms with Crippen molar-refractivity contribution < 1.29 is 14.3 Å². The first kappa shape index (κ1) is 13.4. The Hall–Kier alpha value is -1.61. The number of methoxy groups -OCH3 is 1. The van der Waals surface area contributed by atoms with Crippen molar-refractivity contribution in [2.75, 3.05) is 33.8 Å². The zero-order valence-electron chi connectivity index (χ0n) is 8.95. The summed E-state index contributed by atoms with van der Waals surface area (Å²) >= 11 is 0. The van der Waals surface area contributed by atoms with Crippen LogP contribution in [-0.4, -0.2) is 50.6 Å². The second kappa shape index (κ2) is 7.76. The van der Waals surface area contributed by atoms with Crippen LogP contribution in [0.1, 0.15) is 6.42 Å². The number of amides is 1. The van der Waals surface area contributed by atoms with Crippen molar-refractivity contribution in [2.24, 2.45) is 0 Å². The molecule has 1 amide bonds. The van der Waals surface area contributed by atoms with Gasteiger partial charge in [0.15, 0.2) is 0 Å². The summed E-state index contributed by atoms with van der Waals surface area (Å²) in [5.74, 6) is -0.598. The van der Waals surface area contributed by atoms with E-state index in [0.717, 1.165) is 0 Å². The summed E-state index contributed by atoms with van der Waals surface area (Å²) in [4.78, 5) is 23.5. The molecule has 0 radical (unpaired) electrons. The molecule has 15 heavy (non-hydrogen) atoms. The first-order valence-electron chi connectivity index (χ1n) is 4.49. The highest BCUT2D eigenvalue weighted by molar-refractivity contribution is 5.79. The molecule has 0 aromatic rings. The molecule has 0 aliphatic rings. The smallest absolute Gasteiger partial charge is 0.319 e. The molecule has 0 fully saturated rings. The summed E-state index contributed by atoms with van der Waals surface area (Å²) in [5.41, 5.74) is 0. The fourth-order valence-corrected chi connectivity index (χ4v) is 0.900. The third-order valence-electron chi connectivity index (χ3n) is 1.60. The van der Waals surface area contributed by atoms with Crippen molar-refractivity contribution in [1.29, 1.82) is 5.26 Å². The standard InChI is InChI=1S/C9H15N3O3/c1-12(7-9(14)15-2)6-8(13)11-5-3-4-10/h3,5-7H2,1-2H3,(H,11,13). The Bertz CT molecular complexity index is 260. The third-order valence-corrected chi connectivity index (χ3v) is 1.60. The molecule has 0 aromatic carbocycles. The maximum absolute atomic E-state index is 11.2. The molecule has 0 rings (SSSR count). The Labute approximate surface area is 88.8 Å². The van der Waals surface area contributed by atoms with Gasteiger partial charge in [-0.05, 0) is 7.05 Å². The highest BCUT2D eigenvalue weighted by atomic mass is 16.5. The molecular weight excluding hydrogens is 198 g/mol. The molecule has 84 valence electrons. The number of rotatable bonds is 6. The normalized spacial score (nSPS) is 9.47. The van der Waals surface area contributed by atoms with Crippen molar-refractivity contribution >= 4 is 11.9 Å². The van der Waals surface area contributed by atoms with Crippen molar-refractivity contribution in [3.8, 4) is 6.07 Å². The van der Waals surface area contributed by atoms with E-state index < -0.39 is 0 Å². The van der Waals surface area contributed by atoms with Crippen LogP contribution in [0, 0.1) is 11.3 Å². The lowest BCUT2D eigenvalue weighted by molar-refractivity contribution is -0.141. The summed E-state index contributed by atoms with van der Waals surface area (Å²) in [5, 5.41) is 10.8. The monoisotopic (exact) mass is 213 g/mol. The average Bonchev–Trinajstić information content (AvgIpc) is 2.17. The maximum Gasteiger partial charge on any atom is 0.319 e. The van der Waals surface area contributed by atoms with Gasteiger partial charge in [0.25, 0.3) is 0 Å². The van der Waals surface area contributed by atoms with Crippen LogP contribution in [0.4, 0.5) is 0 Å². The summed E-state index contributed by atoms with van der Waals surface area (Å²) in [6.07, 6.45) is 0.284. The van der Waals surface area contributed by atoms with Crippen molar-refractivity contribution in [1.82, 2.24) is 10.2 Å². The van der Waals surface area contributed by atoms with Crippen LogP contribution < -0.4 is 5.32 Å². The molecule has 0 atom stereocenters. The van der Waals surface area contributed by atoms with Crippen LogP contribution in [-0.2, 0) is 14.3 Å². The summed E-state index contributed by atoms with van der Waals surface area (Å²) in [7, 11) is 2.93. The minimum absolute atomic E-state index is 0.0716. The van der Waals surface area contributed by atoms with Gasteiger partial charge in [-0.25, -0.2) is 0 Å². The van der Waals surface area contributed by atoms with Crippen molar-refractivity contribution in [3.05, 3.63) is 0 Å². The van der Waals surface area contributed by atoms with E-state index in [1.807, 2.05) is 6.07 Å². The lowest BCUT2D eigenvalue weighted by atomic mass is 10.4. The number of nitrogens with zero attached hydrogens (tertiary/aromatic N) is 2. The largest absolute Gasteiger partial charge is 0.468 e. The molecule has 0 saturated heterocycles. The number of esters is 1. The van der Waals surface area contributed by atoms with E-state index in [9.17, 15) is 9.59 Å². The zero-order chi connectivity index (χ0) is 11.7. The van der Waals surface area contributed by atoms with Gasteiger partial charge in [-0.3, -0.25) is 14.5 Å². The SMILES string of the molecule is COC(=O)CN(C)CC(=O)NCCC#N. The van der Waals surface area contributed by atoms with E-state index >= 15 is 0 Å². The molecule has 0 unspecified atom stereocenters. The number of carbonyl (C=O) groups is 2. The number of ether oxygens (including phenoxy) is 1. The lowest BCUT2D eigenvalue weighted by Gasteiger charge is -2.14. The summed E-state index contributed by atoms with van der Waals surface area (Å²) < 4.78 is 4.45. The van der Waals surface area contributed by atoms with Crippen molar-refractivity contribution in [2.45, 2.75) is 6.42 Å². The summed E-state index contributed by atoms with van der Waals surface area (Å²) in [6.45, 7) is 0.518. The quantitative estimate of drug-likeness (QED) is 0.457. The topological polar surface area (TPSA) is 82.4 Å². The first-order chi connectivity index (χ1) is 7.10. The Morgan fingerprint density at radius 1 is 1.47 bits per heavy atom. The second-order valence-corrected chi connectivity index (χ2v) is 3.01. The molecular formula is C9H15N3O3. The van der Waals surface area contributed by atoms with Crippen LogP contribution in [0.2, 0.25) is 0 Å². The predicted octanol–water partition coefficient (Wildman–Crippen LogP) is -0.879.